The Labute approximate surface area is 111 Å². The maximum absolute atomic E-state index is 4.31. The average Bonchev–Trinajstić information content (AvgIpc) is 2.30. The van der Waals surface area contributed by atoms with Gasteiger partial charge in [0.15, 0.2) is 0 Å². The summed E-state index contributed by atoms with van der Waals surface area (Å²) in [5, 5.41) is 4.54. The fraction of sp³-hybridized carbons (Fsp3) is 0.583. The molecule has 0 saturated carbocycles. The van der Waals surface area contributed by atoms with E-state index in [0.717, 1.165) is 28.3 Å². The number of unbranched alkanes of at least 4 members (excludes halogenated alkanes) is 2. The Balaban J connectivity index is 2.01. The third-order valence-electron chi connectivity index (χ3n) is 2.19. The normalized spacial score (nSPS) is 10.6. The monoisotopic (exact) mass is 302 g/mol. The third-order valence-corrected chi connectivity index (χ3v) is 3.60. The molecule has 0 aliphatic heterocycles. The summed E-state index contributed by atoms with van der Waals surface area (Å²) in [7, 11) is 0. The molecule has 0 atom stereocenters. The fourth-order valence-corrected chi connectivity index (χ4v) is 2.28. The lowest BCUT2D eigenvalue weighted by atomic mass is 10.2. The Kier molecular flexibility index (Phi) is 7.89. The largest absolute Gasteiger partial charge is 0.316 e. The number of halogens is 1. The number of thioether (sulfide) groups is 1. The summed E-state index contributed by atoms with van der Waals surface area (Å²) in [6.07, 6.45) is 5.75. The lowest BCUT2D eigenvalue weighted by Gasteiger charge is -2.03. The van der Waals surface area contributed by atoms with Crippen molar-refractivity contribution in [3.8, 4) is 0 Å². The molecule has 16 heavy (non-hydrogen) atoms. The van der Waals surface area contributed by atoms with E-state index in [-0.39, 0.29) is 0 Å². The van der Waals surface area contributed by atoms with E-state index in [1.54, 1.807) is 11.8 Å². The number of pyridine rings is 1. The van der Waals surface area contributed by atoms with Gasteiger partial charge >= 0.3 is 0 Å². The summed E-state index contributed by atoms with van der Waals surface area (Å²) < 4.78 is 1.04. The van der Waals surface area contributed by atoms with Crippen molar-refractivity contribution >= 4 is 27.7 Å². The van der Waals surface area contributed by atoms with E-state index in [1.165, 1.54) is 19.3 Å². The van der Waals surface area contributed by atoms with Crippen molar-refractivity contribution in [1.29, 1.82) is 0 Å². The molecular weight excluding hydrogens is 284 g/mol. The first-order valence-electron chi connectivity index (χ1n) is 5.78. The van der Waals surface area contributed by atoms with Crippen molar-refractivity contribution in [2.24, 2.45) is 0 Å². The van der Waals surface area contributed by atoms with Crippen LogP contribution in [0.25, 0.3) is 0 Å². The van der Waals surface area contributed by atoms with E-state index < -0.39 is 0 Å². The third kappa shape index (κ3) is 6.51. The first-order chi connectivity index (χ1) is 7.83. The topological polar surface area (TPSA) is 24.9 Å². The summed E-state index contributed by atoms with van der Waals surface area (Å²) in [5.41, 5.74) is 0. The van der Waals surface area contributed by atoms with Gasteiger partial charge in [-0.25, -0.2) is 4.98 Å². The Hall–Kier alpha value is -0.0600. The SMILES string of the molecule is CCCCCNCCSc1ccc(Br)cn1. The summed E-state index contributed by atoms with van der Waals surface area (Å²) in [4.78, 5) is 4.31. The molecule has 1 N–H and O–H groups in total. The van der Waals surface area contributed by atoms with Crippen LogP contribution in [0.1, 0.15) is 26.2 Å². The van der Waals surface area contributed by atoms with Gasteiger partial charge in [-0.2, -0.15) is 0 Å². The highest BCUT2D eigenvalue weighted by molar-refractivity contribution is 9.10. The molecule has 0 bridgehead atoms. The minimum absolute atomic E-state index is 1.04. The first kappa shape index (κ1) is 14.0. The number of hydrogen-bond acceptors (Lipinski definition) is 3. The van der Waals surface area contributed by atoms with E-state index in [2.05, 4.69) is 33.2 Å². The van der Waals surface area contributed by atoms with Gasteiger partial charge < -0.3 is 5.32 Å². The fourth-order valence-electron chi connectivity index (χ4n) is 1.30. The van der Waals surface area contributed by atoms with Crippen LogP contribution in [-0.4, -0.2) is 23.8 Å². The molecule has 0 unspecified atom stereocenters. The van der Waals surface area contributed by atoms with E-state index in [0.29, 0.717) is 0 Å². The second-order valence-corrected chi connectivity index (χ2v) is 5.65. The van der Waals surface area contributed by atoms with Crippen LogP contribution in [0.4, 0.5) is 0 Å². The maximum atomic E-state index is 4.31. The van der Waals surface area contributed by atoms with E-state index in [1.807, 2.05) is 18.3 Å². The van der Waals surface area contributed by atoms with Gasteiger partial charge in [0.05, 0.1) is 5.03 Å². The molecule has 1 aromatic rings. The highest BCUT2D eigenvalue weighted by Gasteiger charge is 1.95. The van der Waals surface area contributed by atoms with Crippen LogP contribution in [0.2, 0.25) is 0 Å². The van der Waals surface area contributed by atoms with Crippen LogP contribution in [-0.2, 0) is 0 Å². The zero-order chi connectivity index (χ0) is 11.6. The molecule has 2 nitrogen and oxygen atoms in total. The van der Waals surface area contributed by atoms with Gasteiger partial charge in [-0.3, -0.25) is 0 Å². The van der Waals surface area contributed by atoms with Crippen molar-refractivity contribution in [3.63, 3.8) is 0 Å². The number of aromatic nitrogens is 1. The highest BCUT2D eigenvalue weighted by atomic mass is 79.9. The summed E-state index contributed by atoms with van der Waals surface area (Å²) in [6.45, 7) is 4.43. The van der Waals surface area contributed by atoms with Crippen molar-refractivity contribution in [1.82, 2.24) is 10.3 Å². The molecule has 1 aromatic heterocycles. The Morgan fingerprint density at radius 3 is 2.88 bits per heavy atom. The van der Waals surface area contributed by atoms with E-state index in [4.69, 9.17) is 0 Å². The second kappa shape index (κ2) is 9.02. The van der Waals surface area contributed by atoms with Gasteiger partial charge in [0.25, 0.3) is 0 Å². The number of rotatable bonds is 8. The molecule has 0 fully saturated rings. The molecule has 0 saturated heterocycles. The summed E-state index contributed by atoms with van der Waals surface area (Å²) in [6, 6.07) is 4.08. The summed E-state index contributed by atoms with van der Waals surface area (Å²) >= 11 is 5.18. The van der Waals surface area contributed by atoms with Gasteiger partial charge in [-0.05, 0) is 41.0 Å². The Bertz CT molecular complexity index is 277. The van der Waals surface area contributed by atoms with Gasteiger partial charge in [0.1, 0.15) is 0 Å². The zero-order valence-electron chi connectivity index (χ0n) is 9.71. The van der Waals surface area contributed by atoms with Gasteiger partial charge in [0, 0.05) is 23.0 Å². The van der Waals surface area contributed by atoms with E-state index >= 15 is 0 Å². The first-order valence-corrected chi connectivity index (χ1v) is 7.56. The van der Waals surface area contributed by atoms with Crippen LogP contribution in [0, 0.1) is 0 Å². The molecule has 90 valence electrons. The molecule has 0 aromatic carbocycles. The van der Waals surface area contributed by atoms with Gasteiger partial charge in [-0.1, -0.05) is 19.8 Å². The molecule has 0 radical (unpaired) electrons. The average molecular weight is 303 g/mol. The minimum atomic E-state index is 1.04. The molecule has 1 heterocycles. The lowest BCUT2D eigenvalue weighted by Crippen LogP contribution is -2.18. The standard InChI is InChI=1S/C12H19BrN2S/c1-2-3-4-7-14-8-9-16-12-6-5-11(13)10-15-12/h5-6,10,14H,2-4,7-9H2,1H3. The van der Waals surface area contributed by atoms with Crippen LogP contribution in [0.15, 0.2) is 27.8 Å². The quantitative estimate of drug-likeness (QED) is 0.585. The van der Waals surface area contributed by atoms with Crippen LogP contribution in [0.5, 0.6) is 0 Å². The van der Waals surface area contributed by atoms with Crippen LogP contribution < -0.4 is 5.32 Å². The van der Waals surface area contributed by atoms with Crippen LogP contribution >= 0.6 is 27.7 Å². The molecule has 0 amide bonds. The lowest BCUT2D eigenvalue weighted by molar-refractivity contribution is 0.636. The molecular formula is C12H19BrN2S. The molecule has 0 aliphatic rings. The number of nitrogens with zero attached hydrogens (tertiary/aromatic N) is 1. The number of hydrogen-bond donors (Lipinski definition) is 1. The Morgan fingerprint density at radius 2 is 2.19 bits per heavy atom. The van der Waals surface area contributed by atoms with Crippen molar-refractivity contribution in [3.05, 3.63) is 22.8 Å². The Morgan fingerprint density at radius 1 is 1.31 bits per heavy atom. The highest BCUT2D eigenvalue weighted by Crippen LogP contribution is 2.16. The van der Waals surface area contributed by atoms with Crippen molar-refractivity contribution < 1.29 is 0 Å². The van der Waals surface area contributed by atoms with E-state index in [9.17, 15) is 0 Å². The maximum Gasteiger partial charge on any atom is 0.0961 e. The van der Waals surface area contributed by atoms with Crippen molar-refractivity contribution in [2.75, 3.05) is 18.8 Å². The summed E-state index contributed by atoms with van der Waals surface area (Å²) in [5.74, 6) is 1.08. The van der Waals surface area contributed by atoms with Crippen molar-refractivity contribution in [2.45, 2.75) is 31.2 Å². The second-order valence-electron chi connectivity index (χ2n) is 3.62. The van der Waals surface area contributed by atoms with Crippen LogP contribution in [0.3, 0.4) is 0 Å². The smallest absolute Gasteiger partial charge is 0.0961 e. The van der Waals surface area contributed by atoms with Gasteiger partial charge in [-0.15, -0.1) is 11.8 Å². The number of nitrogens with one attached hydrogen (secondary N) is 1. The molecule has 0 aliphatic carbocycles. The molecule has 4 heteroatoms. The van der Waals surface area contributed by atoms with Gasteiger partial charge in [0.2, 0.25) is 0 Å². The predicted octanol–water partition coefficient (Wildman–Crippen LogP) is 3.72. The molecule has 0 spiro atoms. The predicted molar refractivity (Wildman–Crippen MR) is 75.1 cm³/mol. The minimum Gasteiger partial charge on any atom is -0.316 e. The zero-order valence-corrected chi connectivity index (χ0v) is 12.1. The molecule has 1 rings (SSSR count).